The van der Waals surface area contributed by atoms with Crippen LogP contribution in [0.1, 0.15) is 17.9 Å². The van der Waals surface area contributed by atoms with Crippen molar-refractivity contribution in [3.05, 3.63) is 60.2 Å². The van der Waals surface area contributed by atoms with Crippen LogP contribution in [0.5, 0.6) is 0 Å². The zero-order chi connectivity index (χ0) is 13.2. The molecule has 2 heteroatoms. The average molecular weight is 254 g/mol. The standard InChI is InChI=1S/C17H18O2/c1-19-17-9-8-15(11-16(17)18)14-7-6-12-4-2-3-5-13(12)10-14/h2-10,15-18H,11H2,1H3. The van der Waals surface area contributed by atoms with Crippen molar-refractivity contribution in [3.8, 4) is 0 Å². The van der Waals surface area contributed by atoms with E-state index in [1.54, 1.807) is 7.11 Å². The molecule has 2 aromatic rings. The van der Waals surface area contributed by atoms with Crippen LogP contribution in [0.3, 0.4) is 0 Å². The van der Waals surface area contributed by atoms with Crippen LogP contribution in [0.25, 0.3) is 10.8 Å². The van der Waals surface area contributed by atoms with Crippen molar-refractivity contribution in [2.45, 2.75) is 24.5 Å². The van der Waals surface area contributed by atoms with Gasteiger partial charge in [-0.15, -0.1) is 0 Å². The highest BCUT2D eigenvalue weighted by Crippen LogP contribution is 2.30. The first-order chi connectivity index (χ1) is 9.28. The summed E-state index contributed by atoms with van der Waals surface area (Å²) in [6, 6.07) is 14.9. The summed E-state index contributed by atoms with van der Waals surface area (Å²) in [4.78, 5) is 0. The second-order valence-electron chi connectivity index (χ2n) is 5.10. The molecule has 2 nitrogen and oxygen atoms in total. The van der Waals surface area contributed by atoms with E-state index in [2.05, 4.69) is 48.5 Å². The van der Waals surface area contributed by atoms with Crippen LogP contribution >= 0.6 is 0 Å². The number of aliphatic hydroxyl groups excluding tert-OH is 1. The van der Waals surface area contributed by atoms with Crippen LogP contribution < -0.4 is 0 Å². The molecule has 0 amide bonds. The third-order valence-corrected chi connectivity index (χ3v) is 3.88. The minimum atomic E-state index is -0.425. The van der Waals surface area contributed by atoms with Gasteiger partial charge in [-0.25, -0.2) is 0 Å². The van der Waals surface area contributed by atoms with Gasteiger partial charge in [0.25, 0.3) is 0 Å². The Morgan fingerprint density at radius 1 is 1.05 bits per heavy atom. The first kappa shape index (κ1) is 12.4. The second kappa shape index (κ2) is 5.16. The molecule has 3 atom stereocenters. The third-order valence-electron chi connectivity index (χ3n) is 3.88. The van der Waals surface area contributed by atoms with Gasteiger partial charge in [0.05, 0.1) is 6.10 Å². The van der Waals surface area contributed by atoms with Crippen molar-refractivity contribution < 1.29 is 9.84 Å². The van der Waals surface area contributed by atoms with Crippen molar-refractivity contribution in [3.63, 3.8) is 0 Å². The van der Waals surface area contributed by atoms with E-state index in [-0.39, 0.29) is 12.0 Å². The summed E-state index contributed by atoms with van der Waals surface area (Å²) >= 11 is 0. The monoisotopic (exact) mass is 254 g/mol. The lowest BCUT2D eigenvalue weighted by atomic mass is 9.85. The molecule has 1 aliphatic carbocycles. The molecule has 0 saturated carbocycles. The fourth-order valence-corrected chi connectivity index (χ4v) is 2.77. The normalized spacial score (nSPS) is 26.7. The number of aliphatic hydroxyl groups is 1. The summed E-state index contributed by atoms with van der Waals surface area (Å²) in [5.74, 6) is 0.269. The molecule has 0 saturated heterocycles. The smallest absolute Gasteiger partial charge is 0.101 e. The highest BCUT2D eigenvalue weighted by Gasteiger charge is 2.25. The minimum Gasteiger partial charge on any atom is -0.390 e. The number of hydrogen-bond acceptors (Lipinski definition) is 2. The molecule has 3 unspecified atom stereocenters. The van der Waals surface area contributed by atoms with Gasteiger partial charge in [-0.05, 0) is 22.8 Å². The topological polar surface area (TPSA) is 29.5 Å². The number of benzene rings is 2. The number of allylic oxidation sites excluding steroid dienone is 1. The Balaban J connectivity index is 1.92. The molecule has 2 aromatic carbocycles. The largest absolute Gasteiger partial charge is 0.390 e. The predicted molar refractivity (Wildman–Crippen MR) is 77.2 cm³/mol. The van der Waals surface area contributed by atoms with Crippen LogP contribution in [-0.2, 0) is 4.74 Å². The molecule has 0 heterocycles. The van der Waals surface area contributed by atoms with Crippen LogP contribution in [0.4, 0.5) is 0 Å². The Hall–Kier alpha value is -1.64. The summed E-state index contributed by atoms with van der Waals surface area (Å²) in [6.45, 7) is 0. The van der Waals surface area contributed by atoms with Gasteiger partial charge < -0.3 is 9.84 Å². The van der Waals surface area contributed by atoms with Gasteiger partial charge in [-0.1, -0.05) is 54.6 Å². The lowest BCUT2D eigenvalue weighted by Crippen LogP contribution is -2.30. The van der Waals surface area contributed by atoms with E-state index in [1.165, 1.54) is 16.3 Å². The predicted octanol–water partition coefficient (Wildman–Crippen LogP) is 3.26. The summed E-state index contributed by atoms with van der Waals surface area (Å²) in [5.41, 5.74) is 1.25. The fourth-order valence-electron chi connectivity index (χ4n) is 2.77. The van der Waals surface area contributed by atoms with E-state index in [9.17, 15) is 5.11 Å². The van der Waals surface area contributed by atoms with E-state index in [4.69, 9.17) is 4.74 Å². The van der Waals surface area contributed by atoms with Crippen LogP contribution in [0.15, 0.2) is 54.6 Å². The Labute approximate surface area is 113 Å². The molecule has 0 aliphatic heterocycles. The van der Waals surface area contributed by atoms with E-state index in [0.29, 0.717) is 6.42 Å². The molecule has 3 rings (SSSR count). The van der Waals surface area contributed by atoms with E-state index >= 15 is 0 Å². The summed E-state index contributed by atoms with van der Waals surface area (Å²) in [6.07, 6.45) is 4.23. The van der Waals surface area contributed by atoms with Crippen molar-refractivity contribution in [1.29, 1.82) is 0 Å². The maximum Gasteiger partial charge on any atom is 0.101 e. The molecule has 1 N–H and O–H groups in total. The van der Waals surface area contributed by atoms with Crippen LogP contribution in [0.2, 0.25) is 0 Å². The van der Waals surface area contributed by atoms with E-state index in [0.717, 1.165) is 0 Å². The molecule has 0 bridgehead atoms. The average Bonchev–Trinajstić information content (AvgIpc) is 2.46. The molecule has 0 radical (unpaired) electrons. The van der Waals surface area contributed by atoms with Crippen molar-refractivity contribution >= 4 is 10.8 Å². The molecule has 0 fully saturated rings. The molecule has 0 aromatic heterocycles. The summed E-state index contributed by atoms with van der Waals surface area (Å²) in [5, 5.41) is 12.5. The molecular formula is C17H18O2. The first-order valence-corrected chi connectivity index (χ1v) is 6.66. The minimum absolute atomic E-state index is 0.170. The molecule has 0 spiro atoms. The van der Waals surface area contributed by atoms with Gasteiger partial charge in [0, 0.05) is 13.0 Å². The summed E-state index contributed by atoms with van der Waals surface area (Å²) in [7, 11) is 1.63. The van der Waals surface area contributed by atoms with Gasteiger partial charge in [0.1, 0.15) is 6.10 Å². The van der Waals surface area contributed by atoms with Gasteiger partial charge in [-0.2, -0.15) is 0 Å². The van der Waals surface area contributed by atoms with Gasteiger partial charge in [0.2, 0.25) is 0 Å². The van der Waals surface area contributed by atoms with Crippen molar-refractivity contribution in [2.75, 3.05) is 7.11 Å². The number of ether oxygens (including phenoxy) is 1. The number of fused-ring (bicyclic) bond motifs is 1. The molecule has 1 aliphatic rings. The zero-order valence-corrected chi connectivity index (χ0v) is 11.0. The Kier molecular flexibility index (Phi) is 3.36. The Bertz CT molecular complexity index is 603. The van der Waals surface area contributed by atoms with Crippen LogP contribution in [0, 0.1) is 0 Å². The maximum atomic E-state index is 10.0. The summed E-state index contributed by atoms with van der Waals surface area (Å²) < 4.78 is 5.22. The van der Waals surface area contributed by atoms with Crippen molar-refractivity contribution in [2.24, 2.45) is 0 Å². The van der Waals surface area contributed by atoms with E-state index in [1.807, 2.05) is 6.08 Å². The lowest BCUT2D eigenvalue weighted by molar-refractivity contribution is 0.00585. The van der Waals surface area contributed by atoms with Gasteiger partial charge in [0.15, 0.2) is 0 Å². The van der Waals surface area contributed by atoms with Crippen LogP contribution in [-0.4, -0.2) is 24.4 Å². The van der Waals surface area contributed by atoms with E-state index < -0.39 is 6.10 Å². The fraction of sp³-hybridized carbons (Fsp3) is 0.294. The number of hydrogen-bond donors (Lipinski definition) is 1. The third kappa shape index (κ3) is 2.42. The Morgan fingerprint density at radius 2 is 1.84 bits per heavy atom. The Morgan fingerprint density at radius 3 is 2.58 bits per heavy atom. The highest BCUT2D eigenvalue weighted by atomic mass is 16.5. The first-order valence-electron chi connectivity index (χ1n) is 6.66. The second-order valence-corrected chi connectivity index (χ2v) is 5.10. The molecule has 98 valence electrons. The number of methoxy groups -OCH3 is 1. The zero-order valence-electron chi connectivity index (χ0n) is 11.0. The lowest BCUT2D eigenvalue weighted by Gasteiger charge is -2.27. The maximum absolute atomic E-state index is 10.0. The van der Waals surface area contributed by atoms with Crippen molar-refractivity contribution in [1.82, 2.24) is 0 Å². The van der Waals surface area contributed by atoms with Gasteiger partial charge in [-0.3, -0.25) is 0 Å². The highest BCUT2D eigenvalue weighted by molar-refractivity contribution is 5.83. The SMILES string of the molecule is COC1C=CC(c2ccc3ccccc3c2)CC1O. The van der Waals surface area contributed by atoms with Gasteiger partial charge >= 0.3 is 0 Å². The molecule has 19 heavy (non-hydrogen) atoms. The molecular weight excluding hydrogens is 236 g/mol. The quantitative estimate of drug-likeness (QED) is 0.834. The number of rotatable bonds is 2.